The number of amides is 2. The van der Waals surface area contributed by atoms with Crippen LogP contribution in [0.5, 0.6) is 5.75 Å². The second-order valence-electron chi connectivity index (χ2n) is 5.97. The topological polar surface area (TPSA) is 94.2 Å². The van der Waals surface area contributed by atoms with E-state index in [0.29, 0.717) is 35.5 Å². The summed E-state index contributed by atoms with van der Waals surface area (Å²) < 4.78 is 15.9. The first kappa shape index (κ1) is 21.9. The zero-order valence-electron chi connectivity index (χ0n) is 15.6. The lowest BCUT2D eigenvalue weighted by molar-refractivity contribution is -0.148. The Morgan fingerprint density at radius 1 is 1.39 bits per heavy atom. The summed E-state index contributed by atoms with van der Waals surface area (Å²) in [5.41, 5.74) is 0.380. The molecule has 1 fully saturated rings. The van der Waals surface area contributed by atoms with Crippen molar-refractivity contribution >= 4 is 33.7 Å². The molecule has 1 atom stereocenters. The number of nitrogens with one attached hydrogen (secondary N) is 1. The molecule has 1 N–H and O–H groups in total. The fraction of sp³-hybridized carbons (Fsp3) is 0.421. The summed E-state index contributed by atoms with van der Waals surface area (Å²) in [5.74, 6) is -0.717. The number of methoxy groups -OCH3 is 1. The number of hydrogen-bond acceptors (Lipinski definition) is 6. The van der Waals surface area contributed by atoms with Gasteiger partial charge in [0.2, 0.25) is 5.91 Å². The van der Waals surface area contributed by atoms with Crippen molar-refractivity contribution in [3.63, 3.8) is 0 Å². The highest BCUT2D eigenvalue weighted by molar-refractivity contribution is 9.10. The summed E-state index contributed by atoms with van der Waals surface area (Å²) in [6, 6.07) is 3.98. The quantitative estimate of drug-likeness (QED) is 0.345. The van der Waals surface area contributed by atoms with Crippen molar-refractivity contribution in [1.29, 1.82) is 0 Å². The number of halogens is 1. The van der Waals surface area contributed by atoms with Crippen molar-refractivity contribution in [1.82, 2.24) is 10.2 Å². The molecule has 0 aliphatic carbocycles. The molecule has 2 rings (SSSR count). The molecule has 1 aliphatic rings. The normalized spacial score (nSPS) is 16.3. The third-order valence-electron chi connectivity index (χ3n) is 4.04. The van der Waals surface area contributed by atoms with Gasteiger partial charge in [0, 0.05) is 25.8 Å². The average Bonchev–Trinajstić information content (AvgIpc) is 2.68. The lowest BCUT2D eigenvalue weighted by Crippen LogP contribution is -2.57. The number of nitrogens with zero attached hydrogens (tertiary/aromatic N) is 1. The van der Waals surface area contributed by atoms with Crippen molar-refractivity contribution in [3.05, 3.63) is 40.9 Å². The van der Waals surface area contributed by atoms with Crippen LogP contribution in [0.1, 0.15) is 16.8 Å². The van der Waals surface area contributed by atoms with Gasteiger partial charge in [-0.15, -0.1) is 0 Å². The first-order chi connectivity index (χ1) is 13.5. The van der Waals surface area contributed by atoms with Gasteiger partial charge in [0.05, 0.1) is 17.5 Å². The van der Waals surface area contributed by atoms with Gasteiger partial charge in [0.1, 0.15) is 25.0 Å². The van der Waals surface area contributed by atoms with Crippen LogP contribution in [0, 0.1) is 0 Å². The Kier molecular flexibility index (Phi) is 8.46. The Morgan fingerprint density at radius 2 is 2.18 bits per heavy atom. The second-order valence-corrected chi connectivity index (χ2v) is 6.82. The van der Waals surface area contributed by atoms with Crippen molar-refractivity contribution in [3.8, 4) is 5.75 Å². The summed E-state index contributed by atoms with van der Waals surface area (Å²) in [7, 11) is 1.49. The van der Waals surface area contributed by atoms with Crippen LogP contribution in [0.4, 0.5) is 0 Å². The zero-order valence-corrected chi connectivity index (χ0v) is 17.2. The van der Waals surface area contributed by atoms with E-state index in [-0.39, 0.29) is 31.4 Å². The van der Waals surface area contributed by atoms with Crippen LogP contribution in [0.15, 0.2) is 35.3 Å². The van der Waals surface area contributed by atoms with Gasteiger partial charge in [-0.3, -0.25) is 14.4 Å². The van der Waals surface area contributed by atoms with Crippen LogP contribution >= 0.6 is 15.9 Å². The molecule has 28 heavy (non-hydrogen) atoms. The summed E-state index contributed by atoms with van der Waals surface area (Å²) in [6.07, 6.45) is 1.40. The minimum absolute atomic E-state index is 0.0940. The predicted octanol–water partition coefficient (Wildman–Crippen LogP) is 1.53. The molecule has 1 unspecified atom stereocenters. The number of carbonyl (C=O) groups is 3. The number of carbonyl (C=O) groups excluding carboxylic acids is 3. The van der Waals surface area contributed by atoms with E-state index in [1.807, 2.05) is 0 Å². The standard InChI is InChI=1S/C19H23BrN2O6/c1-3-8-27-16-5-4-13(11-14(16)20)19(25)22-7-6-21-18(24)15(22)12-17(23)28-10-9-26-2/h3-5,11,15H,1,6-10,12H2,2H3,(H,21,24). The number of benzene rings is 1. The first-order valence-electron chi connectivity index (χ1n) is 8.74. The third-order valence-corrected chi connectivity index (χ3v) is 4.66. The summed E-state index contributed by atoms with van der Waals surface area (Å²) in [4.78, 5) is 38.6. The summed E-state index contributed by atoms with van der Waals surface area (Å²) >= 11 is 3.38. The number of ether oxygens (including phenoxy) is 3. The molecule has 2 amide bonds. The van der Waals surface area contributed by atoms with Gasteiger partial charge in [-0.2, -0.15) is 0 Å². The van der Waals surface area contributed by atoms with Gasteiger partial charge in [-0.05, 0) is 34.1 Å². The molecule has 1 aromatic rings. The van der Waals surface area contributed by atoms with Crippen LogP contribution in [0.3, 0.4) is 0 Å². The number of piperazine rings is 1. The number of rotatable bonds is 9. The summed E-state index contributed by atoms with van der Waals surface area (Å²) in [5, 5.41) is 2.68. The monoisotopic (exact) mass is 454 g/mol. The van der Waals surface area contributed by atoms with E-state index in [1.165, 1.54) is 12.0 Å². The molecule has 1 aromatic carbocycles. The smallest absolute Gasteiger partial charge is 0.308 e. The Balaban J connectivity index is 2.12. The first-order valence-corrected chi connectivity index (χ1v) is 9.53. The second kappa shape index (κ2) is 10.8. The molecule has 9 heteroatoms. The van der Waals surface area contributed by atoms with Gasteiger partial charge in [-0.25, -0.2) is 0 Å². The van der Waals surface area contributed by atoms with Crippen LogP contribution < -0.4 is 10.1 Å². The van der Waals surface area contributed by atoms with Gasteiger partial charge in [-0.1, -0.05) is 12.7 Å². The van der Waals surface area contributed by atoms with E-state index < -0.39 is 12.0 Å². The molecule has 0 saturated carbocycles. The maximum absolute atomic E-state index is 13.0. The Hall–Kier alpha value is -2.39. The average molecular weight is 455 g/mol. The molecule has 0 radical (unpaired) electrons. The fourth-order valence-corrected chi connectivity index (χ4v) is 3.18. The van der Waals surface area contributed by atoms with Crippen molar-refractivity contribution in [2.75, 3.05) is 40.0 Å². The molecule has 1 saturated heterocycles. The van der Waals surface area contributed by atoms with Crippen LogP contribution in [-0.2, 0) is 19.1 Å². The lowest BCUT2D eigenvalue weighted by atomic mass is 10.1. The number of esters is 1. The third kappa shape index (κ3) is 5.80. The fourth-order valence-electron chi connectivity index (χ4n) is 2.68. The molecule has 0 bridgehead atoms. The van der Waals surface area contributed by atoms with Gasteiger partial charge >= 0.3 is 5.97 Å². The van der Waals surface area contributed by atoms with Crippen LogP contribution in [-0.4, -0.2) is 68.7 Å². The Morgan fingerprint density at radius 3 is 2.86 bits per heavy atom. The van der Waals surface area contributed by atoms with Gasteiger partial charge < -0.3 is 24.4 Å². The molecular weight excluding hydrogens is 432 g/mol. The van der Waals surface area contributed by atoms with E-state index in [1.54, 1.807) is 24.3 Å². The van der Waals surface area contributed by atoms with E-state index in [9.17, 15) is 14.4 Å². The van der Waals surface area contributed by atoms with E-state index in [0.717, 1.165) is 0 Å². The molecule has 0 aromatic heterocycles. The maximum Gasteiger partial charge on any atom is 0.308 e. The minimum Gasteiger partial charge on any atom is -0.488 e. The van der Waals surface area contributed by atoms with Crippen molar-refractivity contribution < 1.29 is 28.6 Å². The highest BCUT2D eigenvalue weighted by atomic mass is 79.9. The van der Waals surface area contributed by atoms with Crippen molar-refractivity contribution in [2.45, 2.75) is 12.5 Å². The van der Waals surface area contributed by atoms with Crippen LogP contribution in [0.25, 0.3) is 0 Å². The van der Waals surface area contributed by atoms with E-state index in [2.05, 4.69) is 27.8 Å². The summed E-state index contributed by atoms with van der Waals surface area (Å²) in [6.45, 7) is 4.91. The lowest BCUT2D eigenvalue weighted by Gasteiger charge is -2.34. The van der Waals surface area contributed by atoms with Gasteiger partial charge in [0.25, 0.3) is 5.91 Å². The SMILES string of the molecule is C=CCOc1ccc(C(=O)N2CCNC(=O)C2CC(=O)OCCOC)cc1Br. The van der Waals surface area contributed by atoms with Crippen LogP contribution in [0.2, 0.25) is 0 Å². The molecule has 1 aliphatic heterocycles. The molecular formula is C19H23BrN2O6. The molecule has 1 heterocycles. The molecule has 0 spiro atoms. The highest BCUT2D eigenvalue weighted by Gasteiger charge is 2.35. The van der Waals surface area contributed by atoms with Crippen molar-refractivity contribution in [2.24, 2.45) is 0 Å². The zero-order chi connectivity index (χ0) is 20.5. The predicted molar refractivity (Wildman–Crippen MR) is 105 cm³/mol. The highest BCUT2D eigenvalue weighted by Crippen LogP contribution is 2.27. The van der Waals surface area contributed by atoms with Gasteiger partial charge in [0.15, 0.2) is 0 Å². The largest absolute Gasteiger partial charge is 0.488 e. The van der Waals surface area contributed by atoms with E-state index >= 15 is 0 Å². The maximum atomic E-state index is 13.0. The minimum atomic E-state index is -0.924. The molecule has 152 valence electrons. The number of hydrogen-bond donors (Lipinski definition) is 1. The van der Waals surface area contributed by atoms with E-state index in [4.69, 9.17) is 14.2 Å². The Labute approximate surface area is 171 Å². The molecule has 8 nitrogen and oxygen atoms in total. The Bertz CT molecular complexity index is 739.